The summed E-state index contributed by atoms with van der Waals surface area (Å²) >= 11 is 0. The van der Waals surface area contributed by atoms with Crippen LogP contribution in [0.4, 0.5) is 13.2 Å². The lowest BCUT2D eigenvalue weighted by atomic mass is 9.99. The molecule has 2 aromatic rings. The van der Waals surface area contributed by atoms with Crippen LogP contribution in [0.3, 0.4) is 0 Å². The highest BCUT2D eigenvalue weighted by atomic mass is 19.4. The van der Waals surface area contributed by atoms with E-state index in [2.05, 4.69) is 10.2 Å². The summed E-state index contributed by atoms with van der Waals surface area (Å²) in [5.74, 6) is 0.720. The minimum absolute atomic E-state index is 0.0771. The number of nitrogens with one attached hydrogen (secondary N) is 1. The molecule has 1 fully saturated rings. The largest absolute Gasteiger partial charge is 0.489 e. The van der Waals surface area contributed by atoms with Gasteiger partial charge in [0.2, 0.25) is 0 Å². The van der Waals surface area contributed by atoms with Crippen LogP contribution in [0.25, 0.3) is 0 Å². The van der Waals surface area contributed by atoms with E-state index in [4.69, 9.17) is 4.74 Å². The molecule has 0 aliphatic carbocycles. The molecule has 6 heteroatoms. The van der Waals surface area contributed by atoms with E-state index < -0.39 is 12.6 Å². The summed E-state index contributed by atoms with van der Waals surface area (Å²) in [5, 5.41) is 3.25. The second-order valence-corrected chi connectivity index (χ2v) is 6.80. The van der Waals surface area contributed by atoms with Gasteiger partial charge < -0.3 is 10.1 Å². The maximum absolute atomic E-state index is 12.8. The summed E-state index contributed by atoms with van der Waals surface area (Å²) in [4.78, 5) is 2.14. The van der Waals surface area contributed by atoms with Gasteiger partial charge in [0, 0.05) is 38.6 Å². The summed E-state index contributed by atoms with van der Waals surface area (Å²) in [6.45, 7) is 3.60. The Bertz CT molecular complexity index is 683. The van der Waals surface area contributed by atoms with Gasteiger partial charge in [-0.3, -0.25) is 4.90 Å². The topological polar surface area (TPSA) is 24.5 Å². The Balaban J connectivity index is 1.66. The molecule has 1 N–H and O–H groups in total. The average molecular weight is 378 g/mol. The zero-order valence-electron chi connectivity index (χ0n) is 15.2. The average Bonchev–Trinajstić information content (AvgIpc) is 2.68. The predicted molar refractivity (Wildman–Crippen MR) is 99.7 cm³/mol. The zero-order valence-corrected chi connectivity index (χ0v) is 15.2. The predicted octanol–water partition coefficient (Wildman–Crippen LogP) is 4.55. The van der Waals surface area contributed by atoms with E-state index in [1.54, 1.807) is 0 Å². The van der Waals surface area contributed by atoms with E-state index in [9.17, 15) is 13.2 Å². The monoisotopic (exact) mass is 378 g/mol. The number of nitrogens with zero attached hydrogens (tertiary/aromatic N) is 1. The second kappa shape index (κ2) is 9.24. The van der Waals surface area contributed by atoms with Gasteiger partial charge in [0.1, 0.15) is 12.4 Å². The van der Waals surface area contributed by atoms with Gasteiger partial charge in [0.05, 0.1) is 0 Å². The molecular formula is C21H25F3N2O. The number of hydrogen-bond donors (Lipinski definition) is 1. The molecule has 1 aliphatic rings. The standard InChI is InChI=1S/C21H25F3N2O/c22-21(23,24)11-10-20(26-14-12-25-13-15-26)18-6-8-19(9-7-18)27-16-17-4-2-1-3-5-17/h1-9,20,25H,10-16H2/t20-/m1/s1. The number of benzene rings is 2. The Labute approximate surface area is 158 Å². The van der Waals surface area contributed by atoms with Crippen LogP contribution in [0.2, 0.25) is 0 Å². The molecule has 0 unspecified atom stereocenters. The number of alkyl halides is 3. The van der Waals surface area contributed by atoms with E-state index in [0.717, 1.165) is 43.1 Å². The van der Waals surface area contributed by atoms with Crippen LogP contribution in [-0.2, 0) is 6.61 Å². The Hall–Kier alpha value is -2.05. The van der Waals surface area contributed by atoms with Gasteiger partial charge in [-0.2, -0.15) is 13.2 Å². The third-order valence-corrected chi connectivity index (χ3v) is 4.81. The van der Waals surface area contributed by atoms with Gasteiger partial charge in [-0.1, -0.05) is 42.5 Å². The molecule has 1 aliphatic heterocycles. The summed E-state index contributed by atoms with van der Waals surface area (Å²) < 4.78 is 44.1. The van der Waals surface area contributed by atoms with Gasteiger partial charge >= 0.3 is 6.18 Å². The molecule has 146 valence electrons. The third kappa shape index (κ3) is 6.26. The van der Waals surface area contributed by atoms with Gasteiger partial charge in [-0.25, -0.2) is 0 Å². The van der Waals surface area contributed by atoms with Gasteiger partial charge in [0.15, 0.2) is 0 Å². The fourth-order valence-electron chi connectivity index (χ4n) is 3.38. The smallest absolute Gasteiger partial charge is 0.389 e. The SMILES string of the molecule is FC(F)(F)CC[C@H](c1ccc(OCc2ccccc2)cc1)N1CCNCC1. The van der Waals surface area contributed by atoms with E-state index in [0.29, 0.717) is 6.61 Å². The van der Waals surface area contributed by atoms with E-state index in [1.807, 2.05) is 54.6 Å². The van der Waals surface area contributed by atoms with Crippen molar-refractivity contribution in [3.8, 4) is 5.75 Å². The first-order chi connectivity index (χ1) is 13.0. The van der Waals surface area contributed by atoms with Crippen molar-refractivity contribution in [3.63, 3.8) is 0 Å². The van der Waals surface area contributed by atoms with Crippen molar-refractivity contribution >= 4 is 0 Å². The number of hydrogen-bond acceptors (Lipinski definition) is 3. The molecule has 0 bridgehead atoms. The van der Waals surface area contributed by atoms with E-state index in [-0.39, 0.29) is 12.5 Å². The van der Waals surface area contributed by atoms with Crippen molar-refractivity contribution in [2.75, 3.05) is 26.2 Å². The van der Waals surface area contributed by atoms with Crippen molar-refractivity contribution in [2.24, 2.45) is 0 Å². The molecule has 1 atom stereocenters. The lowest BCUT2D eigenvalue weighted by Crippen LogP contribution is -2.45. The quantitative estimate of drug-likeness (QED) is 0.765. The zero-order chi connectivity index (χ0) is 19.1. The van der Waals surface area contributed by atoms with Crippen LogP contribution >= 0.6 is 0 Å². The lowest BCUT2D eigenvalue weighted by molar-refractivity contribution is -0.138. The fraction of sp³-hybridized carbons (Fsp3) is 0.429. The molecule has 0 spiro atoms. The summed E-state index contributed by atoms with van der Waals surface area (Å²) in [6, 6.07) is 17.1. The van der Waals surface area contributed by atoms with E-state index >= 15 is 0 Å². The third-order valence-electron chi connectivity index (χ3n) is 4.81. The minimum atomic E-state index is -4.13. The molecule has 3 rings (SSSR count). The Morgan fingerprint density at radius 2 is 1.63 bits per heavy atom. The van der Waals surface area contributed by atoms with Crippen LogP contribution in [0.15, 0.2) is 54.6 Å². The van der Waals surface area contributed by atoms with Crippen LogP contribution in [-0.4, -0.2) is 37.3 Å². The summed E-state index contributed by atoms with van der Waals surface area (Å²) in [6.07, 6.45) is -4.83. The van der Waals surface area contributed by atoms with Crippen molar-refractivity contribution in [1.29, 1.82) is 0 Å². The highest BCUT2D eigenvalue weighted by Gasteiger charge is 2.31. The first-order valence-corrected chi connectivity index (χ1v) is 9.29. The molecule has 2 aromatic carbocycles. The van der Waals surface area contributed by atoms with Crippen LogP contribution in [0.5, 0.6) is 5.75 Å². The Morgan fingerprint density at radius 3 is 2.26 bits per heavy atom. The molecule has 1 heterocycles. The van der Waals surface area contributed by atoms with Crippen LogP contribution in [0, 0.1) is 0 Å². The molecule has 0 aromatic heterocycles. The van der Waals surface area contributed by atoms with Crippen molar-refractivity contribution in [3.05, 3.63) is 65.7 Å². The molecule has 0 radical (unpaired) electrons. The number of piperazine rings is 1. The minimum Gasteiger partial charge on any atom is -0.489 e. The summed E-state index contributed by atoms with van der Waals surface area (Å²) in [5.41, 5.74) is 1.98. The highest BCUT2D eigenvalue weighted by Crippen LogP contribution is 2.32. The van der Waals surface area contributed by atoms with Crippen molar-refractivity contribution < 1.29 is 17.9 Å². The normalized spacial score (nSPS) is 16.9. The molecule has 0 amide bonds. The van der Waals surface area contributed by atoms with Crippen molar-refractivity contribution in [2.45, 2.75) is 31.7 Å². The molecule has 27 heavy (non-hydrogen) atoms. The second-order valence-electron chi connectivity index (χ2n) is 6.80. The molecule has 3 nitrogen and oxygen atoms in total. The van der Waals surface area contributed by atoms with E-state index in [1.165, 1.54) is 0 Å². The van der Waals surface area contributed by atoms with Gasteiger partial charge in [-0.15, -0.1) is 0 Å². The molecule has 0 saturated carbocycles. The Kier molecular flexibility index (Phi) is 6.74. The van der Waals surface area contributed by atoms with Gasteiger partial charge in [0.25, 0.3) is 0 Å². The molecular weight excluding hydrogens is 353 g/mol. The maximum atomic E-state index is 12.8. The van der Waals surface area contributed by atoms with Crippen LogP contribution in [0.1, 0.15) is 30.0 Å². The van der Waals surface area contributed by atoms with Crippen molar-refractivity contribution in [1.82, 2.24) is 10.2 Å². The fourth-order valence-corrected chi connectivity index (χ4v) is 3.38. The maximum Gasteiger partial charge on any atom is 0.389 e. The lowest BCUT2D eigenvalue weighted by Gasteiger charge is -2.35. The Morgan fingerprint density at radius 1 is 0.963 bits per heavy atom. The molecule has 1 saturated heterocycles. The van der Waals surface area contributed by atoms with Crippen LogP contribution < -0.4 is 10.1 Å². The highest BCUT2D eigenvalue weighted by molar-refractivity contribution is 5.30. The summed E-state index contributed by atoms with van der Waals surface area (Å²) in [7, 11) is 0. The first-order valence-electron chi connectivity index (χ1n) is 9.29. The first kappa shape index (κ1) is 19.7. The number of rotatable bonds is 7. The number of ether oxygens (including phenoxy) is 1. The van der Waals surface area contributed by atoms with Gasteiger partial charge in [-0.05, 0) is 29.7 Å². The number of halogens is 3.